The summed E-state index contributed by atoms with van der Waals surface area (Å²) in [6.45, 7) is 1.28. The summed E-state index contributed by atoms with van der Waals surface area (Å²) in [7, 11) is -3.96. The van der Waals surface area contributed by atoms with E-state index in [2.05, 4.69) is 20.8 Å². The first-order valence-corrected chi connectivity index (χ1v) is 10.8. The van der Waals surface area contributed by atoms with Crippen LogP contribution in [0.3, 0.4) is 0 Å². The van der Waals surface area contributed by atoms with Gasteiger partial charge in [0, 0.05) is 5.69 Å². The number of rotatable bonds is 6. The summed E-state index contributed by atoms with van der Waals surface area (Å²) in [6, 6.07) is 11.0. The van der Waals surface area contributed by atoms with Gasteiger partial charge in [0.2, 0.25) is 11.1 Å². The zero-order valence-electron chi connectivity index (χ0n) is 14.9. The number of tetrazole rings is 1. The Morgan fingerprint density at radius 2 is 1.93 bits per heavy atom. The van der Waals surface area contributed by atoms with Crippen molar-refractivity contribution >= 4 is 33.2 Å². The van der Waals surface area contributed by atoms with E-state index in [0.29, 0.717) is 16.5 Å². The smallest absolute Gasteiger partial charge is 0.242 e. The van der Waals surface area contributed by atoms with Gasteiger partial charge in [-0.05, 0) is 66.1 Å². The highest BCUT2D eigenvalue weighted by Gasteiger charge is 2.30. The van der Waals surface area contributed by atoms with E-state index in [4.69, 9.17) is 0 Å². The number of aromatic nitrogens is 4. The Kier molecular flexibility index (Phi) is 5.75. The zero-order chi connectivity index (χ0) is 20.3. The number of hydrogen-bond donors (Lipinski definition) is 1. The fourth-order valence-corrected chi connectivity index (χ4v) is 4.09. The minimum absolute atomic E-state index is 0.122. The number of anilines is 1. The molecule has 1 N–H and O–H groups in total. The van der Waals surface area contributed by atoms with Crippen LogP contribution in [0.25, 0.3) is 5.69 Å². The molecule has 3 aromatic rings. The average Bonchev–Trinajstić information content (AvgIpc) is 3.16. The fourth-order valence-electron chi connectivity index (χ4n) is 2.40. The highest BCUT2D eigenvalue weighted by molar-refractivity contribution is 7.98. The first kappa shape index (κ1) is 20.0. The Morgan fingerprint density at radius 1 is 1.21 bits per heavy atom. The number of amides is 1. The summed E-state index contributed by atoms with van der Waals surface area (Å²) in [6.07, 6.45) is 1.83. The monoisotopic (exact) mass is 421 g/mol. The summed E-state index contributed by atoms with van der Waals surface area (Å²) in [5.41, 5.74) is 1.01. The molecule has 146 valence electrons. The van der Waals surface area contributed by atoms with Crippen molar-refractivity contribution in [3.05, 3.63) is 54.3 Å². The normalized spacial score (nSPS) is 12.5. The maximum absolute atomic E-state index is 13.0. The van der Waals surface area contributed by atoms with Gasteiger partial charge in [-0.3, -0.25) is 4.79 Å². The Balaban J connectivity index is 1.81. The first-order chi connectivity index (χ1) is 13.3. The Morgan fingerprint density at radius 3 is 2.61 bits per heavy atom. The van der Waals surface area contributed by atoms with E-state index < -0.39 is 26.8 Å². The summed E-state index contributed by atoms with van der Waals surface area (Å²) in [5, 5.41) is 13.2. The molecule has 2 aromatic carbocycles. The number of sulfone groups is 1. The van der Waals surface area contributed by atoms with Gasteiger partial charge in [0.1, 0.15) is 11.1 Å². The third-order valence-corrected chi connectivity index (χ3v) is 6.65. The standard InChI is InChI=1S/C17H16FN5O3S2/c1-11(28(25,26)15-8-6-12(18)7-9-15)16(24)19-13-4-3-5-14(10-13)23-17(27-2)20-21-22-23/h3-11H,1-2H3,(H,19,24). The van der Waals surface area contributed by atoms with Crippen molar-refractivity contribution in [3.8, 4) is 5.69 Å². The van der Waals surface area contributed by atoms with Gasteiger partial charge in [-0.15, -0.1) is 5.10 Å². The van der Waals surface area contributed by atoms with Crippen LogP contribution in [-0.2, 0) is 14.6 Å². The first-order valence-electron chi connectivity index (χ1n) is 8.06. The van der Waals surface area contributed by atoms with Crippen LogP contribution in [0.1, 0.15) is 6.92 Å². The van der Waals surface area contributed by atoms with Crippen molar-refractivity contribution in [1.82, 2.24) is 20.2 Å². The lowest BCUT2D eigenvalue weighted by Gasteiger charge is -2.14. The number of hydrogen-bond acceptors (Lipinski definition) is 7. The SMILES string of the molecule is CSc1nnnn1-c1cccc(NC(=O)C(C)S(=O)(=O)c2ccc(F)cc2)c1. The van der Waals surface area contributed by atoms with Crippen LogP contribution in [-0.4, -0.2) is 46.0 Å². The van der Waals surface area contributed by atoms with Crippen molar-refractivity contribution in [2.75, 3.05) is 11.6 Å². The molecular weight excluding hydrogens is 405 g/mol. The van der Waals surface area contributed by atoms with Crippen molar-refractivity contribution < 1.29 is 17.6 Å². The molecule has 0 aliphatic carbocycles. The Bertz CT molecular complexity index is 1100. The second kappa shape index (κ2) is 8.07. The molecule has 0 fully saturated rings. The zero-order valence-corrected chi connectivity index (χ0v) is 16.5. The Labute approximate surface area is 165 Å². The van der Waals surface area contributed by atoms with Gasteiger partial charge in [0.25, 0.3) is 0 Å². The molecule has 3 rings (SSSR count). The van der Waals surface area contributed by atoms with E-state index in [0.717, 1.165) is 24.3 Å². The third-order valence-electron chi connectivity index (χ3n) is 3.96. The lowest BCUT2D eigenvalue weighted by atomic mass is 10.2. The van der Waals surface area contributed by atoms with Gasteiger partial charge in [0.05, 0.1) is 10.6 Å². The van der Waals surface area contributed by atoms with Crippen LogP contribution < -0.4 is 5.32 Å². The predicted molar refractivity (Wildman–Crippen MR) is 103 cm³/mol. The molecule has 0 bridgehead atoms. The summed E-state index contributed by atoms with van der Waals surface area (Å²) >= 11 is 1.36. The van der Waals surface area contributed by atoms with Crippen LogP contribution in [0.5, 0.6) is 0 Å². The van der Waals surface area contributed by atoms with Gasteiger partial charge in [-0.2, -0.15) is 4.68 Å². The fraction of sp³-hybridized carbons (Fsp3) is 0.176. The second-order valence-corrected chi connectivity index (χ2v) is 8.80. The molecule has 0 radical (unpaired) electrons. The van der Waals surface area contributed by atoms with Crippen molar-refractivity contribution in [1.29, 1.82) is 0 Å². The molecule has 1 heterocycles. The molecule has 0 aliphatic heterocycles. The summed E-state index contributed by atoms with van der Waals surface area (Å²) in [5.74, 6) is -1.26. The molecule has 28 heavy (non-hydrogen) atoms. The number of nitrogens with one attached hydrogen (secondary N) is 1. The van der Waals surface area contributed by atoms with Gasteiger partial charge >= 0.3 is 0 Å². The lowest BCUT2D eigenvalue weighted by Crippen LogP contribution is -2.32. The molecule has 1 aromatic heterocycles. The van der Waals surface area contributed by atoms with Crippen LogP contribution >= 0.6 is 11.8 Å². The van der Waals surface area contributed by atoms with Crippen molar-refractivity contribution in [2.45, 2.75) is 22.2 Å². The number of halogens is 1. The third kappa shape index (κ3) is 4.04. The highest BCUT2D eigenvalue weighted by Crippen LogP contribution is 2.21. The van der Waals surface area contributed by atoms with Gasteiger partial charge in [0.15, 0.2) is 9.84 Å². The van der Waals surface area contributed by atoms with E-state index in [1.54, 1.807) is 24.3 Å². The van der Waals surface area contributed by atoms with E-state index in [1.807, 2.05) is 6.26 Å². The number of benzene rings is 2. The van der Waals surface area contributed by atoms with E-state index in [-0.39, 0.29) is 4.90 Å². The molecular formula is C17H16FN5O3S2. The maximum Gasteiger partial charge on any atom is 0.242 e. The van der Waals surface area contributed by atoms with Crippen LogP contribution in [0, 0.1) is 5.82 Å². The second-order valence-electron chi connectivity index (χ2n) is 5.76. The molecule has 8 nitrogen and oxygen atoms in total. The molecule has 1 unspecified atom stereocenters. The molecule has 0 saturated carbocycles. The molecule has 1 amide bonds. The molecule has 0 spiro atoms. The van der Waals surface area contributed by atoms with Gasteiger partial charge < -0.3 is 5.32 Å². The van der Waals surface area contributed by atoms with E-state index >= 15 is 0 Å². The quantitative estimate of drug-likeness (QED) is 0.481. The molecule has 11 heteroatoms. The summed E-state index contributed by atoms with van der Waals surface area (Å²) in [4.78, 5) is 12.4. The topological polar surface area (TPSA) is 107 Å². The molecule has 1 atom stereocenters. The number of thioether (sulfide) groups is 1. The van der Waals surface area contributed by atoms with Crippen molar-refractivity contribution in [3.63, 3.8) is 0 Å². The van der Waals surface area contributed by atoms with Crippen molar-refractivity contribution in [2.24, 2.45) is 0 Å². The van der Waals surface area contributed by atoms with E-state index in [1.165, 1.54) is 23.4 Å². The average molecular weight is 421 g/mol. The molecule has 0 saturated heterocycles. The lowest BCUT2D eigenvalue weighted by molar-refractivity contribution is -0.115. The van der Waals surface area contributed by atoms with Gasteiger partial charge in [-0.1, -0.05) is 17.8 Å². The number of carbonyl (C=O) groups excluding carboxylic acids is 1. The number of carbonyl (C=O) groups is 1. The number of nitrogens with zero attached hydrogens (tertiary/aromatic N) is 4. The van der Waals surface area contributed by atoms with Crippen LogP contribution in [0.4, 0.5) is 10.1 Å². The van der Waals surface area contributed by atoms with Crippen LogP contribution in [0.15, 0.2) is 58.6 Å². The highest BCUT2D eigenvalue weighted by atomic mass is 32.2. The van der Waals surface area contributed by atoms with E-state index in [9.17, 15) is 17.6 Å². The summed E-state index contributed by atoms with van der Waals surface area (Å²) < 4.78 is 39.7. The Hall–Kier alpha value is -2.79. The van der Waals surface area contributed by atoms with Gasteiger partial charge in [-0.25, -0.2) is 12.8 Å². The van der Waals surface area contributed by atoms with Crippen LogP contribution in [0.2, 0.25) is 0 Å². The largest absolute Gasteiger partial charge is 0.325 e. The minimum atomic E-state index is -3.96. The maximum atomic E-state index is 13.0. The predicted octanol–water partition coefficient (Wildman–Crippen LogP) is 2.32. The molecule has 0 aliphatic rings. The minimum Gasteiger partial charge on any atom is -0.325 e.